The summed E-state index contributed by atoms with van der Waals surface area (Å²) in [5.74, 6) is 0. The van der Waals surface area contributed by atoms with Crippen molar-refractivity contribution in [1.29, 1.82) is 0 Å². The molecule has 7 rings (SSSR count). The number of nitrogens with one attached hydrogen (secondary N) is 1. The summed E-state index contributed by atoms with van der Waals surface area (Å²) in [6, 6.07) is 36.3. The predicted octanol–water partition coefficient (Wildman–Crippen LogP) is 6.92. The topological polar surface area (TPSA) is 41.1 Å². The Balaban J connectivity index is 1.12. The summed E-state index contributed by atoms with van der Waals surface area (Å²) >= 11 is 0. The van der Waals surface area contributed by atoms with E-state index in [4.69, 9.17) is 9.97 Å². The molecular formula is C33H30N4. The fourth-order valence-corrected chi connectivity index (χ4v) is 6.07. The average molecular weight is 483 g/mol. The molecule has 182 valence electrons. The highest BCUT2D eigenvalue weighted by Crippen LogP contribution is 2.44. The van der Waals surface area contributed by atoms with Crippen LogP contribution in [0.5, 0.6) is 0 Å². The fourth-order valence-electron chi connectivity index (χ4n) is 6.07. The maximum atomic E-state index is 5.05. The van der Waals surface area contributed by atoms with E-state index in [2.05, 4.69) is 83.0 Å². The zero-order chi connectivity index (χ0) is 24.7. The van der Waals surface area contributed by atoms with Gasteiger partial charge in [-0.2, -0.15) is 0 Å². The number of hydrogen-bond donors (Lipinski definition) is 1. The molecule has 1 fully saturated rings. The number of aromatic nitrogens is 2. The molecule has 3 heterocycles. The lowest BCUT2D eigenvalue weighted by molar-refractivity contribution is 0.162. The molecule has 0 saturated carbocycles. The van der Waals surface area contributed by atoms with Crippen molar-refractivity contribution in [3.8, 4) is 22.5 Å². The molecule has 2 aliphatic rings. The molecule has 0 atom stereocenters. The Morgan fingerprint density at radius 1 is 0.649 bits per heavy atom. The summed E-state index contributed by atoms with van der Waals surface area (Å²) in [7, 11) is 0. The molecule has 0 aliphatic carbocycles. The molecule has 4 heteroatoms. The maximum Gasteiger partial charge on any atom is 0.0973 e. The van der Waals surface area contributed by atoms with Gasteiger partial charge in [0.25, 0.3) is 0 Å². The highest BCUT2D eigenvalue weighted by atomic mass is 15.1. The van der Waals surface area contributed by atoms with Gasteiger partial charge < -0.3 is 5.32 Å². The summed E-state index contributed by atoms with van der Waals surface area (Å²) in [5.41, 5.74) is 10.4. The van der Waals surface area contributed by atoms with Gasteiger partial charge in [-0.25, -0.2) is 9.97 Å². The number of nitrogens with zero attached hydrogens (tertiary/aromatic N) is 3. The largest absolute Gasteiger partial charge is 0.384 e. The average Bonchev–Trinajstić information content (AvgIpc) is 3.32. The van der Waals surface area contributed by atoms with Gasteiger partial charge in [-0.1, -0.05) is 84.9 Å². The van der Waals surface area contributed by atoms with Gasteiger partial charge >= 0.3 is 0 Å². The number of para-hydroxylation sites is 3. The molecule has 4 aromatic carbocycles. The van der Waals surface area contributed by atoms with Crippen molar-refractivity contribution in [3.05, 3.63) is 114 Å². The Bertz CT molecular complexity index is 1550. The van der Waals surface area contributed by atoms with Gasteiger partial charge in [0.15, 0.2) is 0 Å². The summed E-state index contributed by atoms with van der Waals surface area (Å²) < 4.78 is 0. The van der Waals surface area contributed by atoms with Gasteiger partial charge in [0, 0.05) is 35.3 Å². The summed E-state index contributed by atoms with van der Waals surface area (Å²) in [5, 5.41) is 3.64. The van der Waals surface area contributed by atoms with Crippen LogP contribution in [-0.2, 0) is 12.0 Å². The van der Waals surface area contributed by atoms with Gasteiger partial charge in [-0.05, 0) is 55.3 Å². The quantitative estimate of drug-likeness (QED) is 0.302. The number of anilines is 1. The SMILES string of the molecule is c1ccc(-c2nc3ccccc3nc2-c2ccc(CN3CCC4(CC3)CNc3ccccc34)cc2)cc1. The second-order valence-corrected chi connectivity index (χ2v) is 10.4. The van der Waals surface area contributed by atoms with Gasteiger partial charge in [0.1, 0.15) is 0 Å². The molecule has 1 N–H and O–H groups in total. The first-order valence-corrected chi connectivity index (χ1v) is 13.2. The normalized spacial score (nSPS) is 16.5. The third-order valence-corrected chi connectivity index (χ3v) is 8.18. The predicted molar refractivity (Wildman–Crippen MR) is 152 cm³/mol. The lowest BCUT2D eigenvalue weighted by atomic mass is 9.74. The van der Waals surface area contributed by atoms with Crippen LogP contribution in [0.3, 0.4) is 0 Å². The Kier molecular flexibility index (Phi) is 5.48. The Labute approximate surface area is 218 Å². The van der Waals surface area contributed by atoms with E-state index in [1.165, 1.54) is 29.7 Å². The minimum atomic E-state index is 0.305. The van der Waals surface area contributed by atoms with E-state index in [9.17, 15) is 0 Å². The number of piperidine rings is 1. The first-order chi connectivity index (χ1) is 18.3. The smallest absolute Gasteiger partial charge is 0.0973 e. The van der Waals surface area contributed by atoms with Crippen molar-refractivity contribution in [2.24, 2.45) is 0 Å². The highest BCUT2D eigenvalue weighted by molar-refractivity contribution is 5.86. The van der Waals surface area contributed by atoms with E-state index in [-0.39, 0.29) is 0 Å². The Morgan fingerprint density at radius 3 is 1.95 bits per heavy atom. The Morgan fingerprint density at radius 2 is 1.24 bits per heavy atom. The van der Waals surface area contributed by atoms with Crippen molar-refractivity contribution in [2.45, 2.75) is 24.8 Å². The maximum absolute atomic E-state index is 5.05. The highest BCUT2D eigenvalue weighted by Gasteiger charge is 2.41. The van der Waals surface area contributed by atoms with Crippen LogP contribution in [0.4, 0.5) is 5.69 Å². The molecule has 37 heavy (non-hydrogen) atoms. The first-order valence-electron chi connectivity index (χ1n) is 13.2. The van der Waals surface area contributed by atoms with Gasteiger partial charge in [0.05, 0.1) is 22.4 Å². The number of fused-ring (bicyclic) bond motifs is 3. The van der Waals surface area contributed by atoms with E-state index in [0.717, 1.165) is 59.7 Å². The number of benzene rings is 4. The van der Waals surface area contributed by atoms with E-state index >= 15 is 0 Å². The minimum absolute atomic E-state index is 0.305. The van der Waals surface area contributed by atoms with Crippen LogP contribution in [0.15, 0.2) is 103 Å². The van der Waals surface area contributed by atoms with Crippen molar-refractivity contribution in [1.82, 2.24) is 14.9 Å². The van der Waals surface area contributed by atoms with E-state index < -0.39 is 0 Å². The molecule has 0 unspecified atom stereocenters. The second-order valence-electron chi connectivity index (χ2n) is 10.4. The fraction of sp³-hybridized carbons (Fsp3) is 0.212. The minimum Gasteiger partial charge on any atom is -0.384 e. The van der Waals surface area contributed by atoms with Crippen LogP contribution in [0.25, 0.3) is 33.5 Å². The molecule has 0 amide bonds. The third-order valence-electron chi connectivity index (χ3n) is 8.18. The van der Waals surface area contributed by atoms with Crippen LogP contribution < -0.4 is 5.32 Å². The molecule has 4 nitrogen and oxygen atoms in total. The number of rotatable bonds is 4. The van der Waals surface area contributed by atoms with Crippen LogP contribution in [0.2, 0.25) is 0 Å². The molecule has 1 aromatic heterocycles. The number of likely N-dealkylation sites (tertiary alicyclic amines) is 1. The van der Waals surface area contributed by atoms with Crippen molar-refractivity contribution in [2.75, 3.05) is 25.0 Å². The van der Waals surface area contributed by atoms with Crippen LogP contribution in [-0.4, -0.2) is 34.5 Å². The number of hydrogen-bond acceptors (Lipinski definition) is 4. The molecule has 2 aliphatic heterocycles. The lowest BCUT2D eigenvalue weighted by Crippen LogP contribution is -2.43. The molecule has 0 radical (unpaired) electrons. The van der Waals surface area contributed by atoms with Crippen molar-refractivity contribution in [3.63, 3.8) is 0 Å². The lowest BCUT2D eigenvalue weighted by Gasteiger charge is -2.39. The van der Waals surface area contributed by atoms with E-state index in [1.807, 2.05) is 30.3 Å². The van der Waals surface area contributed by atoms with E-state index in [1.54, 1.807) is 0 Å². The Hall–Kier alpha value is -4.02. The summed E-state index contributed by atoms with van der Waals surface area (Å²) in [6.45, 7) is 4.32. The monoisotopic (exact) mass is 482 g/mol. The standard InChI is InChI=1S/C33H30N4/c1-2-8-25(9-3-1)31-32(36-30-13-7-6-12-29(30)35-31)26-16-14-24(15-17-26)22-37-20-18-33(19-21-37)23-34-28-11-5-4-10-27(28)33/h1-17,34H,18-23H2. The van der Waals surface area contributed by atoms with Crippen molar-refractivity contribution >= 4 is 16.7 Å². The van der Waals surface area contributed by atoms with Crippen LogP contribution >= 0.6 is 0 Å². The molecular weight excluding hydrogens is 452 g/mol. The second kappa shape index (κ2) is 9.13. The van der Waals surface area contributed by atoms with Gasteiger partial charge in [0.2, 0.25) is 0 Å². The first kappa shape index (κ1) is 22.2. The summed E-state index contributed by atoms with van der Waals surface area (Å²) in [6.07, 6.45) is 2.42. The van der Waals surface area contributed by atoms with Crippen molar-refractivity contribution < 1.29 is 0 Å². The van der Waals surface area contributed by atoms with E-state index in [0.29, 0.717) is 5.41 Å². The molecule has 5 aromatic rings. The third kappa shape index (κ3) is 4.08. The molecule has 0 bridgehead atoms. The van der Waals surface area contributed by atoms with Crippen LogP contribution in [0.1, 0.15) is 24.0 Å². The molecule has 1 saturated heterocycles. The summed E-state index contributed by atoms with van der Waals surface area (Å²) in [4.78, 5) is 12.7. The zero-order valence-electron chi connectivity index (χ0n) is 20.9. The van der Waals surface area contributed by atoms with Gasteiger partial charge in [-0.3, -0.25) is 4.90 Å². The van der Waals surface area contributed by atoms with Crippen LogP contribution in [0, 0.1) is 0 Å². The molecule has 1 spiro atoms. The zero-order valence-corrected chi connectivity index (χ0v) is 20.9. The van der Waals surface area contributed by atoms with Gasteiger partial charge in [-0.15, -0.1) is 0 Å².